The fourth-order valence-corrected chi connectivity index (χ4v) is 6.60. The summed E-state index contributed by atoms with van der Waals surface area (Å²) in [4.78, 5) is 53.2. The number of amides is 3. The SMILES string of the molecule is CC(C)(C)OC(=O)N[C@H](CF)[C@H]1CC[C@H](C(=O)N2CC[C@H](c3ccccc3)[C@H]2C(=O)Nc2ccc3oc(C(=O)O)cc3c2)CC1. The molecule has 1 saturated carbocycles. The van der Waals surface area contributed by atoms with E-state index in [-0.39, 0.29) is 35.3 Å². The van der Waals surface area contributed by atoms with Gasteiger partial charge in [-0.2, -0.15) is 0 Å². The first kappa shape index (κ1) is 32.0. The fraction of sp³-hybridized carbons (Fsp3) is 0.471. The number of carbonyl (C=O) groups excluding carboxylic acids is 3. The van der Waals surface area contributed by atoms with Gasteiger partial charge >= 0.3 is 12.1 Å². The third-order valence-electron chi connectivity index (χ3n) is 8.73. The maximum atomic E-state index is 14.0. The molecule has 3 N–H and O–H groups in total. The summed E-state index contributed by atoms with van der Waals surface area (Å²) in [6, 6.07) is 14.5. The molecule has 0 unspecified atom stereocenters. The van der Waals surface area contributed by atoms with Crippen molar-refractivity contribution in [2.45, 2.75) is 76.5 Å². The van der Waals surface area contributed by atoms with Crippen LogP contribution in [0.4, 0.5) is 14.9 Å². The summed E-state index contributed by atoms with van der Waals surface area (Å²) in [5, 5.41) is 15.4. The maximum absolute atomic E-state index is 14.0. The minimum atomic E-state index is -1.18. The number of hydrogen-bond donors (Lipinski definition) is 3. The van der Waals surface area contributed by atoms with E-state index in [1.54, 1.807) is 43.9 Å². The van der Waals surface area contributed by atoms with Crippen LogP contribution >= 0.6 is 0 Å². The third-order valence-corrected chi connectivity index (χ3v) is 8.73. The maximum Gasteiger partial charge on any atom is 0.407 e. The Balaban J connectivity index is 1.29. The number of ether oxygens (including phenoxy) is 1. The second-order valence-corrected chi connectivity index (χ2v) is 13.0. The first-order chi connectivity index (χ1) is 21.4. The molecule has 0 radical (unpaired) electrons. The summed E-state index contributed by atoms with van der Waals surface area (Å²) < 4.78 is 24.6. The molecule has 1 aliphatic heterocycles. The van der Waals surface area contributed by atoms with Gasteiger partial charge in [-0.05, 0) is 88.6 Å². The number of hydrogen-bond acceptors (Lipinski definition) is 6. The van der Waals surface area contributed by atoms with E-state index >= 15 is 0 Å². The Morgan fingerprint density at radius 2 is 1.73 bits per heavy atom. The lowest BCUT2D eigenvalue weighted by Gasteiger charge is -2.36. The molecule has 11 heteroatoms. The van der Waals surface area contributed by atoms with Gasteiger partial charge < -0.3 is 29.8 Å². The van der Waals surface area contributed by atoms with Gasteiger partial charge in [0.25, 0.3) is 0 Å². The molecular weight excluding hydrogens is 581 g/mol. The highest BCUT2D eigenvalue weighted by atomic mass is 19.1. The summed E-state index contributed by atoms with van der Waals surface area (Å²) in [5.41, 5.74) is 1.12. The van der Waals surface area contributed by atoms with Crippen LogP contribution in [0, 0.1) is 11.8 Å². The van der Waals surface area contributed by atoms with E-state index in [1.807, 2.05) is 30.3 Å². The molecule has 3 aromatic rings. The molecule has 3 atom stereocenters. The number of anilines is 1. The zero-order chi connectivity index (χ0) is 32.3. The number of alkyl halides is 1. The lowest BCUT2D eigenvalue weighted by Crippen LogP contribution is -2.49. The van der Waals surface area contributed by atoms with Crippen molar-refractivity contribution in [3.05, 3.63) is 65.9 Å². The molecule has 10 nitrogen and oxygen atoms in total. The second-order valence-electron chi connectivity index (χ2n) is 13.0. The highest BCUT2D eigenvalue weighted by Gasteiger charge is 2.45. The molecule has 2 aromatic carbocycles. The van der Waals surface area contributed by atoms with Crippen LogP contribution < -0.4 is 10.6 Å². The summed E-state index contributed by atoms with van der Waals surface area (Å²) in [6.45, 7) is 4.94. The van der Waals surface area contributed by atoms with Crippen molar-refractivity contribution in [2.75, 3.05) is 18.5 Å². The molecule has 0 spiro atoms. The first-order valence-electron chi connectivity index (χ1n) is 15.4. The van der Waals surface area contributed by atoms with Crippen molar-refractivity contribution in [3.8, 4) is 0 Å². The average molecular weight is 622 g/mol. The van der Waals surface area contributed by atoms with Gasteiger partial charge in [-0.3, -0.25) is 9.59 Å². The van der Waals surface area contributed by atoms with Crippen LogP contribution in [-0.2, 0) is 14.3 Å². The smallest absolute Gasteiger partial charge is 0.407 e. The first-order valence-corrected chi connectivity index (χ1v) is 15.4. The highest BCUT2D eigenvalue weighted by molar-refractivity contribution is 6.00. The van der Waals surface area contributed by atoms with Gasteiger partial charge in [0.1, 0.15) is 23.9 Å². The second kappa shape index (κ2) is 13.3. The highest BCUT2D eigenvalue weighted by Crippen LogP contribution is 2.39. The summed E-state index contributed by atoms with van der Waals surface area (Å²) in [5.74, 6) is -2.46. The van der Waals surface area contributed by atoms with Crippen LogP contribution in [0.3, 0.4) is 0 Å². The topological polar surface area (TPSA) is 138 Å². The number of aromatic carboxylic acids is 1. The van der Waals surface area contributed by atoms with Crippen molar-refractivity contribution >= 4 is 40.5 Å². The number of halogens is 1. The molecule has 5 rings (SSSR count). The standard InChI is InChI=1S/C34H40FN3O7/c1-34(2,3)45-33(43)37-26(19-35)21-9-11-22(12-10-21)31(40)38-16-15-25(20-7-5-4-6-8-20)29(38)30(39)36-24-13-14-27-23(17-24)18-28(44-27)32(41)42/h4-8,13-14,17-18,21-22,25-26,29H,9-12,15-16,19H2,1-3H3,(H,36,39)(H,37,43)(H,41,42)/t21-,22-,25-,26-,29+/m1/s1. The van der Waals surface area contributed by atoms with Gasteiger partial charge in [-0.15, -0.1) is 0 Å². The normalized spacial score (nSPS) is 22.5. The van der Waals surface area contributed by atoms with Crippen molar-refractivity contribution in [3.63, 3.8) is 0 Å². The third kappa shape index (κ3) is 7.46. The van der Waals surface area contributed by atoms with Gasteiger partial charge in [0.2, 0.25) is 17.6 Å². The summed E-state index contributed by atoms with van der Waals surface area (Å²) in [7, 11) is 0. The van der Waals surface area contributed by atoms with Gasteiger partial charge in [0, 0.05) is 29.5 Å². The number of fused-ring (bicyclic) bond motifs is 1. The van der Waals surface area contributed by atoms with E-state index in [0.717, 1.165) is 5.56 Å². The molecule has 45 heavy (non-hydrogen) atoms. The Hall–Kier alpha value is -4.41. The van der Waals surface area contributed by atoms with Gasteiger partial charge in [-0.1, -0.05) is 30.3 Å². The summed E-state index contributed by atoms with van der Waals surface area (Å²) >= 11 is 0. The van der Waals surface area contributed by atoms with E-state index in [2.05, 4.69) is 10.6 Å². The van der Waals surface area contributed by atoms with Crippen LogP contribution in [0.2, 0.25) is 0 Å². The molecule has 0 bridgehead atoms. The summed E-state index contributed by atoms with van der Waals surface area (Å²) in [6.07, 6.45) is 2.15. The van der Waals surface area contributed by atoms with E-state index < -0.39 is 36.4 Å². The zero-order valence-electron chi connectivity index (χ0n) is 25.8. The average Bonchev–Trinajstić information content (AvgIpc) is 3.64. The molecule has 1 aliphatic carbocycles. The fourth-order valence-electron chi connectivity index (χ4n) is 6.60. The number of carboxylic acids is 1. The Morgan fingerprint density at radius 3 is 2.38 bits per heavy atom. The number of likely N-dealkylation sites (tertiary alicyclic amines) is 1. The van der Waals surface area contributed by atoms with Gasteiger partial charge in [-0.25, -0.2) is 14.0 Å². The Labute approximate surface area is 261 Å². The largest absolute Gasteiger partial charge is 0.475 e. The van der Waals surface area contributed by atoms with Crippen molar-refractivity contribution < 1.29 is 37.8 Å². The minimum absolute atomic E-state index is 0.0969. The van der Waals surface area contributed by atoms with Crippen molar-refractivity contribution in [1.82, 2.24) is 10.2 Å². The number of carboxylic acid groups (broad SMARTS) is 1. The zero-order valence-corrected chi connectivity index (χ0v) is 25.8. The van der Waals surface area contributed by atoms with E-state index in [0.29, 0.717) is 55.3 Å². The molecule has 2 aliphatic rings. The van der Waals surface area contributed by atoms with Crippen LogP contribution in [0.1, 0.15) is 74.9 Å². The van der Waals surface area contributed by atoms with E-state index in [1.165, 1.54) is 6.07 Å². The molecule has 1 aromatic heterocycles. The molecule has 3 amide bonds. The van der Waals surface area contributed by atoms with Crippen LogP contribution in [0.15, 0.2) is 59.0 Å². The number of carbonyl (C=O) groups is 4. The van der Waals surface area contributed by atoms with Gasteiger partial charge in [0.15, 0.2) is 0 Å². The predicted octanol–water partition coefficient (Wildman–Crippen LogP) is 6.12. The van der Waals surface area contributed by atoms with E-state index in [4.69, 9.17) is 9.15 Å². The number of rotatable bonds is 8. The van der Waals surface area contributed by atoms with Crippen LogP contribution in [0.25, 0.3) is 11.0 Å². The lowest BCUT2D eigenvalue weighted by atomic mass is 9.78. The molecule has 2 fully saturated rings. The molecule has 1 saturated heterocycles. The Kier molecular flexibility index (Phi) is 9.45. The Morgan fingerprint density at radius 1 is 1.02 bits per heavy atom. The molecule has 2 heterocycles. The Bertz CT molecular complexity index is 1540. The van der Waals surface area contributed by atoms with Gasteiger partial charge in [0.05, 0.1) is 6.04 Å². The van der Waals surface area contributed by atoms with E-state index in [9.17, 15) is 28.7 Å². The van der Waals surface area contributed by atoms with Crippen molar-refractivity contribution in [2.24, 2.45) is 11.8 Å². The minimum Gasteiger partial charge on any atom is -0.475 e. The number of nitrogens with one attached hydrogen (secondary N) is 2. The van der Waals surface area contributed by atoms with Crippen LogP contribution in [-0.4, -0.2) is 64.8 Å². The number of nitrogens with zero attached hydrogens (tertiary/aromatic N) is 1. The van der Waals surface area contributed by atoms with Crippen molar-refractivity contribution in [1.29, 1.82) is 0 Å². The monoisotopic (exact) mass is 621 g/mol. The van der Waals surface area contributed by atoms with Crippen LogP contribution in [0.5, 0.6) is 0 Å². The number of benzene rings is 2. The predicted molar refractivity (Wildman–Crippen MR) is 166 cm³/mol. The molecular formula is C34H40FN3O7. The quantitative estimate of drug-likeness (QED) is 0.275. The lowest BCUT2D eigenvalue weighted by molar-refractivity contribution is -0.141. The number of furan rings is 1. The molecule has 240 valence electrons. The number of alkyl carbamates (subject to hydrolysis) is 1.